The standard InChI is InChI=1S/C15H15ClN2O/c1-10-3-4-11(9-14(10)16)15(19)18(2)13-7-5-12(17)6-8-13/h3-9H,17H2,1-2H3. The fourth-order valence-corrected chi connectivity index (χ4v) is 1.92. The number of hydrogen-bond donors (Lipinski definition) is 1. The lowest BCUT2D eigenvalue weighted by Crippen LogP contribution is -2.26. The van der Waals surface area contributed by atoms with Gasteiger partial charge >= 0.3 is 0 Å². The number of nitrogens with two attached hydrogens (primary N) is 1. The second-order valence-electron chi connectivity index (χ2n) is 4.42. The van der Waals surface area contributed by atoms with Gasteiger partial charge in [0.05, 0.1) is 0 Å². The van der Waals surface area contributed by atoms with Crippen molar-refractivity contribution >= 4 is 28.9 Å². The summed E-state index contributed by atoms with van der Waals surface area (Å²) in [5.74, 6) is -0.105. The molecular formula is C15H15ClN2O. The van der Waals surface area contributed by atoms with Crippen molar-refractivity contribution in [2.24, 2.45) is 0 Å². The molecule has 0 heterocycles. The number of anilines is 2. The number of rotatable bonds is 2. The lowest BCUT2D eigenvalue weighted by molar-refractivity contribution is 0.0993. The first-order chi connectivity index (χ1) is 8.99. The second-order valence-corrected chi connectivity index (χ2v) is 4.83. The zero-order valence-corrected chi connectivity index (χ0v) is 11.6. The zero-order valence-electron chi connectivity index (χ0n) is 10.9. The van der Waals surface area contributed by atoms with Gasteiger partial charge < -0.3 is 10.6 Å². The van der Waals surface area contributed by atoms with Gasteiger partial charge in [-0.15, -0.1) is 0 Å². The Bertz CT molecular complexity index is 608. The molecule has 0 spiro atoms. The Morgan fingerprint density at radius 1 is 1.16 bits per heavy atom. The predicted molar refractivity (Wildman–Crippen MR) is 79.8 cm³/mol. The molecule has 2 aromatic carbocycles. The minimum atomic E-state index is -0.105. The summed E-state index contributed by atoms with van der Waals surface area (Å²) in [6.45, 7) is 1.90. The van der Waals surface area contributed by atoms with E-state index < -0.39 is 0 Å². The lowest BCUT2D eigenvalue weighted by atomic mass is 10.1. The third-order valence-electron chi connectivity index (χ3n) is 3.00. The number of halogens is 1. The summed E-state index contributed by atoms with van der Waals surface area (Å²) in [4.78, 5) is 13.9. The molecule has 0 radical (unpaired) electrons. The molecule has 4 heteroatoms. The SMILES string of the molecule is Cc1ccc(C(=O)N(C)c2ccc(N)cc2)cc1Cl. The monoisotopic (exact) mass is 274 g/mol. The van der Waals surface area contributed by atoms with E-state index in [4.69, 9.17) is 17.3 Å². The van der Waals surface area contributed by atoms with Crippen molar-refractivity contribution in [1.29, 1.82) is 0 Å². The molecule has 0 aliphatic rings. The van der Waals surface area contributed by atoms with E-state index in [-0.39, 0.29) is 5.91 Å². The number of benzene rings is 2. The molecule has 1 amide bonds. The summed E-state index contributed by atoms with van der Waals surface area (Å²) >= 11 is 6.04. The molecule has 0 saturated carbocycles. The van der Waals surface area contributed by atoms with E-state index >= 15 is 0 Å². The minimum absolute atomic E-state index is 0.105. The van der Waals surface area contributed by atoms with Crippen LogP contribution >= 0.6 is 11.6 Å². The summed E-state index contributed by atoms with van der Waals surface area (Å²) in [6, 6.07) is 12.4. The lowest BCUT2D eigenvalue weighted by Gasteiger charge is -2.18. The third-order valence-corrected chi connectivity index (χ3v) is 3.41. The smallest absolute Gasteiger partial charge is 0.258 e. The molecular weight excluding hydrogens is 260 g/mol. The quantitative estimate of drug-likeness (QED) is 0.852. The Labute approximate surface area is 117 Å². The van der Waals surface area contributed by atoms with Gasteiger partial charge in [-0.1, -0.05) is 17.7 Å². The number of hydrogen-bond acceptors (Lipinski definition) is 2. The molecule has 0 atom stereocenters. The van der Waals surface area contributed by atoms with Crippen LogP contribution in [0.15, 0.2) is 42.5 Å². The predicted octanol–water partition coefficient (Wildman–Crippen LogP) is 3.51. The molecule has 0 aromatic heterocycles. The Kier molecular flexibility index (Phi) is 3.76. The third kappa shape index (κ3) is 2.88. The van der Waals surface area contributed by atoms with E-state index in [1.54, 1.807) is 36.2 Å². The van der Waals surface area contributed by atoms with E-state index in [0.717, 1.165) is 11.3 Å². The Balaban J connectivity index is 2.28. The first-order valence-corrected chi connectivity index (χ1v) is 6.26. The van der Waals surface area contributed by atoms with Gasteiger partial charge in [-0.05, 0) is 48.9 Å². The first-order valence-electron chi connectivity index (χ1n) is 5.89. The van der Waals surface area contributed by atoms with Crippen LogP contribution in [0.2, 0.25) is 5.02 Å². The van der Waals surface area contributed by atoms with Gasteiger partial charge in [0.2, 0.25) is 0 Å². The summed E-state index contributed by atoms with van der Waals surface area (Å²) in [6.07, 6.45) is 0. The summed E-state index contributed by atoms with van der Waals surface area (Å²) in [5, 5.41) is 0.594. The van der Waals surface area contributed by atoms with Gasteiger partial charge in [-0.3, -0.25) is 4.79 Å². The molecule has 0 saturated heterocycles. The maximum Gasteiger partial charge on any atom is 0.258 e. The molecule has 2 N–H and O–H groups in total. The van der Waals surface area contributed by atoms with Gasteiger partial charge in [0.1, 0.15) is 0 Å². The highest BCUT2D eigenvalue weighted by molar-refractivity contribution is 6.31. The average Bonchev–Trinajstić information content (AvgIpc) is 2.41. The van der Waals surface area contributed by atoms with Crippen molar-refractivity contribution in [2.45, 2.75) is 6.92 Å². The fraction of sp³-hybridized carbons (Fsp3) is 0.133. The molecule has 2 rings (SSSR count). The molecule has 2 aromatic rings. The van der Waals surface area contributed by atoms with Gasteiger partial charge in [0.15, 0.2) is 0 Å². The van der Waals surface area contributed by atoms with Crippen LogP contribution in [0.3, 0.4) is 0 Å². The van der Waals surface area contributed by atoms with Crippen LogP contribution in [0.1, 0.15) is 15.9 Å². The molecule has 3 nitrogen and oxygen atoms in total. The highest BCUT2D eigenvalue weighted by Crippen LogP contribution is 2.21. The van der Waals surface area contributed by atoms with Gasteiger partial charge in [0, 0.05) is 29.0 Å². The van der Waals surface area contributed by atoms with E-state index in [1.165, 1.54) is 0 Å². The van der Waals surface area contributed by atoms with E-state index in [0.29, 0.717) is 16.3 Å². The van der Waals surface area contributed by atoms with Crippen LogP contribution in [0, 0.1) is 6.92 Å². The van der Waals surface area contributed by atoms with Crippen molar-refractivity contribution in [3.05, 3.63) is 58.6 Å². The molecule has 0 aliphatic carbocycles. The van der Waals surface area contributed by atoms with Crippen LogP contribution in [0.25, 0.3) is 0 Å². The van der Waals surface area contributed by atoms with Crippen LogP contribution in [0.4, 0.5) is 11.4 Å². The maximum atomic E-state index is 12.3. The number of nitrogens with zero attached hydrogens (tertiary/aromatic N) is 1. The Hall–Kier alpha value is -2.00. The molecule has 0 fully saturated rings. The molecule has 98 valence electrons. The normalized spacial score (nSPS) is 10.3. The van der Waals surface area contributed by atoms with Gasteiger partial charge in [-0.2, -0.15) is 0 Å². The Morgan fingerprint density at radius 2 is 1.79 bits per heavy atom. The summed E-state index contributed by atoms with van der Waals surface area (Å²) in [5.41, 5.74) is 8.60. The highest BCUT2D eigenvalue weighted by atomic mass is 35.5. The molecule has 0 unspecified atom stereocenters. The average molecular weight is 275 g/mol. The van der Waals surface area contributed by atoms with Crippen molar-refractivity contribution in [3.8, 4) is 0 Å². The number of nitrogen functional groups attached to an aromatic ring is 1. The number of amides is 1. The second kappa shape index (κ2) is 5.33. The number of carbonyl (C=O) groups excluding carboxylic acids is 1. The summed E-state index contributed by atoms with van der Waals surface area (Å²) < 4.78 is 0. The number of aryl methyl sites for hydroxylation is 1. The largest absolute Gasteiger partial charge is 0.399 e. The fourth-order valence-electron chi connectivity index (χ4n) is 1.73. The summed E-state index contributed by atoms with van der Waals surface area (Å²) in [7, 11) is 1.72. The van der Waals surface area contributed by atoms with Crippen molar-refractivity contribution < 1.29 is 4.79 Å². The van der Waals surface area contributed by atoms with E-state index in [1.807, 2.05) is 25.1 Å². The van der Waals surface area contributed by atoms with Crippen molar-refractivity contribution in [3.63, 3.8) is 0 Å². The minimum Gasteiger partial charge on any atom is -0.399 e. The van der Waals surface area contributed by atoms with Gasteiger partial charge in [0.25, 0.3) is 5.91 Å². The van der Waals surface area contributed by atoms with Crippen LogP contribution < -0.4 is 10.6 Å². The maximum absolute atomic E-state index is 12.3. The van der Waals surface area contributed by atoms with Crippen LogP contribution in [-0.4, -0.2) is 13.0 Å². The molecule has 19 heavy (non-hydrogen) atoms. The molecule has 0 bridgehead atoms. The van der Waals surface area contributed by atoms with Crippen LogP contribution in [-0.2, 0) is 0 Å². The zero-order chi connectivity index (χ0) is 14.0. The molecule has 0 aliphatic heterocycles. The first kappa shape index (κ1) is 13.4. The van der Waals surface area contributed by atoms with Crippen molar-refractivity contribution in [1.82, 2.24) is 0 Å². The van der Waals surface area contributed by atoms with Crippen LogP contribution in [0.5, 0.6) is 0 Å². The topological polar surface area (TPSA) is 46.3 Å². The van der Waals surface area contributed by atoms with Gasteiger partial charge in [-0.25, -0.2) is 0 Å². The van der Waals surface area contributed by atoms with E-state index in [9.17, 15) is 4.79 Å². The van der Waals surface area contributed by atoms with Crippen molar-refractivity contribution in [2.75, 3.05) is 17.7 Å². The van der Waals surface area contributed by atoms with E-state index in [2.05, 4.69) is 0 Å². The Morgan fingerprint density at radius 3 is 2.37 bits per heavy atom. The highest BCUT2D eigenvalue weighted by Gasteiger charge is 2.14. The number of carbonyl (C=O) groups is 1.